The summed E-state index contributed by atoms with van der Waals surface area (Å²) < 4.78 is 22.5. The third kappa shape index (κ3) is 1.97. The molecule has 1 aromatic carbocycles. The minimum Gasteiger partial charge on any atom is -0.468 e. The molecule has 0 spiro atoms. The highest BCUT2D eigenvalue weighted by Crippen LogP contribution is 2.50. The normalized spacial score (nSPS) is 19.2. The van der Waals surface area contributed by atoms with Gasteiger partial charge in [0, 0.05) is 12.3 Å². The summed E-state index contributed by atoms with van der Waals surface area (Å²) in [6.45, 7) is -0.616. The fraction of sp³-hybridized carbons (Fsp3) is 0.467. The maximum Gasteiger partial charge on any atom is 0.324 e. The molecule has 0 bridgehead atoms. The van der Waals surface area contributed by atoms with Gasteiger partial charge in [-0.3, -0.25) is 14.0 Å². The Bertz CT molecular complexity index is 510. The Hall–Kier alpha value is -1.91. The molecule has 1 aromatic rings. The van der Waals surface area contributed by atoms with Crippen LogP contribution in [0.15, 0.2) is 24.3 Å². The third-order valence-electron chi connectivity index (χ3n) is 3.99. The summed E-state index contributed by atoms with van der Waals surface area (Å²) in [5.74, 6) is -1.89. The zero-order valence-corrected chi connectivity index (χ0v) is 11.5. The molecule has 4 nitrogen and oxygen atoms in total. The Morgan fingerprint density at radius 2 is 1.85 bits per heavy atom. The summed E-state index contributed by atoms with van der Waals surface area (Å²) in [7, 11) is 2.45. The Balaban J connectivity index is 2.57. The molecular weight excluding hydrogens is 263 g/mol. The number of halogens is 1. The van der Waals surface area contributed by atoms with Crippen molar-refractivity contribution in [1.82, 2.24) is 0 Å². The second-order valence-corrected chi connectivity index (χ2v) is 4.86. The van der Waals surface area contributed by atoms with Gasteiger partial charge in [-0.25, -0.2) is 0 Å². The molecule has 1 aliphatic carbocycles. The lowest BCUT2D eigenvalue weighted by Gasteiger charge is -2.29. The van der Waals surface area contributed by atoms with E-state index in [0.29, 0.717) is 0 Å². The van der Waals surface area contributed by atoms with Crippen molar-refractivity contribution in [1.29, 1.82) is 0 Å². The van der Waals surface area contributed by atoms with Crippen LogP contribution in [0, 0.1) is 5.41 Å². The van der Waals surface area contributed by atoms with E-state index in [1.807, 2.05) is 24.3 Å². The molecule has 1 atom stereocenters. The smallest absolute Gasteiger partial charge is 0.324 e. The second kappa shape index (κ2) is 5.61. The molecule has 0 saturated carbocycles. The predicted molar refractivity (Wildman–Crippen MR) is 69.9 cm³/mol. The maximum absolute atomic E-state index is 12.9. The van der Waals surface area contributed by atoms with Gasteiger partial charge in [-0.15, -0.1) is 0 Å². The number of hydrogen-bond acceptors (Lipinski definition) is 4. The molecule has 0 aromatic heterocycles. The number of carbonyl (C=O) groups excluding carboxylic acids is 2. The number of alkyl halides is 1. The van der Waals surface area contributed by atoms with Crippen molar-refractivity contribution in [3.8, 4) is 0 Å². The molecule has 20 heavy (non-hydrogen) atoms. The topological polar surface area (TPSA) is 52.6 Å². The second-order valence-electron chi connectivity index (χ2n) is 4.86. The molecule has 1 aliphatic rings. The van der Waals surface area contributed by atoms with E-state index in [4.69, 9.17) is 9.47 Å². The van der Waals surface area contributed by atoms with Gasteiger partial charge >= 0.3 is 11.9 Å². The Kier molecular flexibility index (Phi) is 4.06. The van der Waals surface area contributed by atoms with Crippen LogP contribution in [-0.2, 0) is 25.5 Å². The molecule has 0 aliphatic heterocycles. The number of rotatable bonds is 4. The lowest BCUT2D eigenvalue weighted by molar-refractivity contribution is -0.170. The molecule has 0 unspecified atom stereocenters. The molecule has 0 N–H and O–H groups in total. The monoisotopic (exact) mass is 280 g/mol. The summed E-state index contributed by atoms with van der Waals surface area (Å²) in [4.78, 5) is 24.5. The van der Waals surface area contributed by atoms with Gasteiger partial charge in [0.05, 0.1) is 20.9 Å². The molecule has 0 fully saturated rings. The average Bonchev–Trinajstić information content (AvgIpc) is 2.82. The summed E-state index contributed by atoms with van der Waals surface area (Å²) >= 11 is 0. The lowest BCUT2D eigenvalue weighted by Crippen LogP contribution is -2.45. The van der Waals surface area contributed by atoms with E-state index in [2.05, 4.69) is 0 Å². The van der Waals surface area contributed by atoms with Crippen LogP contribution < -0.4 is 0 Å². The standard InChI is InChI=1S/C15H17FO4/c1-19-13(17)15(14(18)20-2)9-10-5-3-4-6-11(10)12(15)7-8-16/h3-6,12H,7-9H2,1-2H3/t12-/m1/s1. The SMILES string of the molecule is COC(=O)C1(C(=O)OC)Cc2ccccc2[C@H]1CCF. The molecule has 0 amide bonds. The van der Waals surface area contributed by atoms with Gasteiger partial charge < -0.3 is 9.47 Å². The molecule has 2 rings (SSSR count). The summed E-state index contributed by atoms with van der Waals surface area (Å²) in [6, 6.07) is 7.31. The number of esters is 2. The Morgan fingerprint density at radius 1 is 1.25 bits per heavy atom. The van der Waals surface area contributed by atoms with Crippen LogP contribution in [-0.4, -0.2) is 32.8 Å². The maximum atomic E-state index is 12.9. The number of fused-ring (bicyclic) bond motifs is 1. The van der Waals surface area contributed by atoms with E-state index in [1.54, 1.807) is 0 Å². The predicted octanol–water partition coefficient (Wildman–Crippen LogP) is 2.02. The highest BCUT2D eigenvalue weighted by Gasteiger charge is 2.58. The zero-order valence-electron chi connectivity index (χ0n) is 11.5. The number of ether oxygens (including phenoxy) is 2. The highest BCUT2D eigenvalue weighted by molar-refractivity contribution is 6.02. The Labute approximate surface area is 116 Å². The van der Waals surface area contributed by atoms with Gasteiger partial charge in [-0.2, -0.15) is 0 Å². The van der Waals surface area contributed by atoms with E-state index in [0.717, 1.165) is 11.1 Å². The van der Waals surface area contributed by atoms with Gasteiger partial charge in [0.1, 0.15) is 0 Å². The quantitative estimate of drug-likeness (QED) is 0.625. The van der Waals surface area contributed by atoms with Crippen LogP contribution in [0.2, 0.25) is 0 Å². The van der Waals surface area contributed by atoms with Crippen molar-refractivity contribution < 1.29 is 23.5 Å². The van der Waals surface area contributed by atoms with Gasteiger partial charge in [-0.1, -0.05) is 24.3 Å². The van der Waals surface area contributed by atoms with E-state index in [1.165, 1.54) is 14.2 Å². The number of carbonyl (C=O) groups is 2. The minimum atomic E-state index is -1.47. The van der Waals surface area contributed by atoms with Crippen molar-refractivity contribution in [3.63, 3.8) is 0 Å². The van der Waals surface area contributed by atoms with Crippen molar-refractivity contribution >= 4 is 11.9 Å². The fourth-order valence-corrected chi connectivity index (χ4v) is 3.11. The number of hydrogen-bond donors (Lipinski definition) is 0. The van der Waals surface area contributed by atoms with Crippen molar-refractivity contribution in [2.75, 3.05) is 20.9 Å². The van der Waals surface area contributed by atoms with Crippen LogP contribution in [0.1, 0.15) is 23.5 Å². The first-order chi connectivity index (χ1) is 9.61. The van der Waals surface area contributed by atoms with Crippen molar-refractivity contribution in [2.45, 2.75) is 18.8 Å². The van der Waals surface area contributed by atoms with Crippen LogP contribution >= 0.6 is 0 Å². The van der Waals surface area contributed by atoms with Crippen molar-refractivity contribution in [3.05, 3.63) is 35.4 Å². The molecule has 5 heteroatoms. The molecule has 108 valence electrons. The van der Waals surface area contributed by atoms with E-state index < -0.39 is 29.9 Å². The van der Waals surface area contributed by atoms with E-state index >= 15 is 0 Å². The van der Waals surface area contributed by atoms with Crippen molar-refractivity contribution in [2.24, 2.45) is 5.41 Å². The highest BCUT2D eigenvalue weighted by atomic mass is 19.1. The van der Waals surface area contributed by atoms with Crippen LogP contribution in [0.3, 0.4) is 0 Å². The molecule has 0 heterocycles. The number of methoxy groups -OCH3 is 2. The lowest BCUT2D eigenvalue weighted by atomic mass is 9.74. The third-order valence-corrected chi connectivity index (χ3v) is 3.99. The molecular formula is C15H17FO4. The van der Waals surface area contributed by atoms with Crippen LogP contribution in [0.4, 0.5) is 4.39 Å². The average molecular weight is 280 g/mol. The van der Waals surface area contributed by atoms with Gasteiger partial charge in [0.25, 0.3) is 0 Å². The zero-order chi connectivity index (χ0) is 14.8. The molecule has 0 saturated heterocycles. The first-order valence-corrected chi connectivity index (χ1v) is 6.42. The first-order valence-electron chi connectivity index (χ1n) is 6.42. The fourth-order valence-electron chi connectivity index (χ4n) is 3.11. The molecule has 0 radical (unpaired) electrons. The largest absolute Gasteiger partial charge is 0.468 e. The first kappa shape index (κ1) is 14.5. The number of benzene rings is 1. The van der Waals surface area contributed by atoms with Gasteiger partial charge in [0.15, 0.2) is 5.41 Å². The summed E-state index contributed by atoms with van der Waals surface area (Å²) in [5.41, 5.74) is 0.210. The summed E-state index contributed by atoms with van der Waals surface area (Å²) in [6.07, 6.45) is 0.272. The summed E-state index contributed by atoms with van der Waals surface area (Å²) in [5, 5.41) is 0. The van der Waals surface area contributed by atoms with Crippen LogP contribution in [0.25, 0.3) is 0 Å². The van der Waals surface area contributed by atoms with E-state index in [-0.39, 0.29) is 12.8 Å². The minimum absolute atomic E-state index is 0.0845. The Morgan fingerprint density at radius 3 is 2.40 bits per heavy atom. The van der Waals surface area contributed by atoms with Crippen LogP contribution in [0.5, 0.6) is 0 Å². The van der Waals surface area contributed by atoms with E-state index in [9.17, 15) is 14.0 Å². The van der Waals surface area contributed by atoms with Gasteiger partial charge in [0.2, 0.25) is 0 Å². The van der Waals surface area contributed by atoms with Gasteiger partial charge in [-0.05, 0) is 17.5 Å².